The number of nitrogens with zero attached hydrogens (tertiary/aromatic N) is 3. The Balaban J connectivity index is 2.35. The SMILES string of the molecule is CC(C(=O)O)N(C)Cc1cc(=O)n2cc(Br)ccc2n1. The van der Waals surface area contributed by atoms with Crippen molar-refractivity contribution in [2.24, 2.45) is 0 Å². The highest BCUT2D eigenvalue weighted by Gasteiger charge is 2.17. The standard InChI is InChI=1S/C13H14BrN3O3/c1-8(13(19)20)16(2)7-10-5-12(18)17-6-9(14)3-4-11(17)15-10/h3-6,8H,7H2,1-2H3,(H,19,20). The zero-order valence-corrected chi connectivity index (χ0v) is 12.7. The summed E-state index contributed by atoms with van der Waals surface area (Å²) in [5, 5.41) is 8.95. The number of aromatic nitrogens is 2. The normalized spacial score (nSPS) is 12.8. The highest BCUT2D eigenvalue weighted by molar-refractivity contribution is 9.10. The molecule has 0 aliphatic carbocycles. The fourth-order valence-corrected chi connectivity index (χ4v) is 2.12. The smallest absolute Gasteiger partial charge is 0.320 e. The third kappa shape index (κ3) is 3.05. The summed E-state index contributed by atoms with van der Waals surface area (Å²) in [6, 6.07) is 4.31. The molecule has 0 amide bonds. The van der Waals surface area contributed by atoms with Gasteiger partial charge in [-0.3, -0.25) is 18.9 Å². The van der Waals surface area contributed by atoms with Gasteiger partial charge in [-0.1, -0.05) is 0 Å². The summed E-state index contributed by atoms with van der Waals surface area (Å²) in [5.74, 6) is -0.908. The Morgan fingerprint density at radius 2 is 2.25 bits per heavy atom. The van der Waals surface area contributed by atoms with E-state index in [0.29, 0.717) is 17.9 Å². The first-order chi connectivity index (χ1) is 9.38. The topological polar surface area (TPSA) is 74.9 Å². The molecule has 0 bridgehead atoms. The zero-order valence-electron chi connectivity index (χ0n) is 11.1. The predicted octanol–water partition coefficient (Wildman–Crippen LogP) is 1.36. The molecule has 6 nitrogen and oxygen atoms in total. The predicted molar refractivity (Wildman–Crippen MR) is 77.7 cm³/mol. The summed E-state index contributed by atoms with van der Waals surface area (Å²) in [5.41, 5.74) is 0.891. The van der Waals surface area contributed by atoms with Gasteiger partial charge in [-0.25, -0.2) is 4.98 Å². The Hall–Kier alpha value is -1.73. The number of hydrogen-bond donors (Lipinski definition) is 1. The summed E-state index contributed by atoms with van der Waals surface area (Å²) < 4.78 is 2.23. The lowest BCUT2D eigenvalue weighted by Gasteiger charge is -2.20. The molecule has 1 N–H and O–H groups in total. The van der Waals surface area contributed by atoms with Crippen LogP contribution >= 0.6 is 15.9 Å². The second kappa shape index (κ2) is 5.72. The van der Waals surface area contributed by atoms with Gasteiger partial charge in [0, 0.05) is 23.3 Å². The number of hydrogen-bond acceptors (Lipinski definition) is 4. The molecule has 2 rings (SSSR count). The van der Waals surface area contributed by atoms with Gasteiger partial charge in [0.1, 0.15) is 11.7 Å². The minimum absolute atomic E-state index is 0.192. The van der Waals surface area contributed by atoms with Crippen LogP contribution < -0.4 is 5.56 Å². The number of carbonyl (C=O) groups is 1. The molecule has 0 aromatic carbocycles. The summed E-state index contributed by atoms with van der Waals surface area (Å²) in [6.07, 6.45) is 1.65. The van der Waals surface area contributed by atoms with Gasteiger partial charge in [0.25, 0.3) is 5.56 Å². The van der Waals surface area contributed by atoms with Crippen molar-refractivity contribution in [2.45, 2.75) is 19.5 Å². The lowest BCUT2D eigenvalue weighted by atomic mass is 10.2. The maximum atomic E-state index is 12.0. The Kier molecular flexibility index (Phi) is 4.20. The van der Waals surface area contributed by atoms with Crippen molar-refractivity contribution in [3.8, 4) is 0 Å². The average Bonchev–Trinajstić information content (AvgIpc) is 2.38. The van der Waals surface area contributed by atoms with Crippen LogP contribution in [0.5, 0.6) is 0 Å². The van der Waals surface area contributed by atoms with Crippen LogP contribution in [0.15, 0.2) is 33.7 Å². The number of aliphatic carboxylic acids is 1. The summed E-state index contributed by atoms with van der Waals surface area (Å²) in [7, 11) is 1.68. The van der Waals surface area contributed by atoms with Gasteiger partial charge in [-0.15, -0.1) is 0 Å². The van der Waals surface area contributed by atoms with E-state index in [1.165, 1.54) is 10.5 Å². The van der Waals surface area contributed by atoms with E-state index in [2.05, 4.69) is 20.9 Å². The number of likely N-dealkylation sites (N-methyl/N-ethyl adjacent to an activating group) is 1. The highest BCUT2D eigenvalue weighted by Crippen LogP contribution is 2.10. The van der Waals surface area contributed by atoms with Crippen LogP contribution in [0.25, 0.3) is 5.65 Å². The van der Waals surface area contributed by atoms with E-state index < -0.39 is 12.0 Å². The molecule has 0 aliphatic heterocycles. The van der Waals surface area contributed by atoms with Crippen molar-refractivity contribution in [3.05, 3.63) is 44.9 Å². The summed E-state index contributed by atoms with van der Waals surface area (Å²) in [4.78, 5) is 28.9. The molecule has 20 heavy (non-hydrogen) atoms. The van der Waals surface area contributed by atoms with Gasteiger partial charge in [-0.2, -0.15) is 0 Å². The maximum Gasteiger partial charge on any atom is 0.320 e. The van der Waals surface area contributed by atoms with E-state index in [0.717, 1.165) is 4.47 Å². The fraction of sp³-hybridized carbons (Fsp3) is 0.308. The number of carboxylic acid groups (broad SMARTS) is 1. The summed E-state index contributed by atoms with van der Waals surface area (Å²) >= 11 is 3.30. The van der Waals surface area contributed by atoms with Gasteiger partial charge in [-0.05, 0) is 42.0 Å². The lowest BCUT2D eigenvalue weighted by Crippen LogP contribution is -2.35. The lowest BCUT2D eigenvalue weighted by molar-refractivity contribution is -0.142. The van der Waals surface area contributed by atoms with Crippen LogP contribution in [0.1, 0.15) is 12.6 Å². The molecule has 0 aliphatic rings. The Bertz CT molecular complexity index is 714. The molecule has 1 atom stereocenters. The molecule has 2 aromatic heterocycles. The number of rotatable bonds is 4. The van der Waals surface area contributed by atoms with E-state index in [-0.39, 0.29) is 5.56 Å². The number of fused-ring (bicyclic) bond motifs is 1. The number of halogens is 1. The second-order valence-electron chi connectivity index (χ2n) is 4.59. The molecule has 106 valence electrons. The van der Waals surface area contributed by atoms with E-state index in [1.807, 2.05) is 0 Å². The van der Waals surface area contributed by atoms with Crippen molar-refractivity contribution in [3.63, 3.8) is 0 Å². The van der Waals surface area contributed by atoms with Crippen LogP contribution in [-0.2, 0) is 11.3 Å². The van der Waals surface area contributed by atoms with Crippen molar-refractivity contribution in [2.75, 3.05) is 7.05 Å². The van der Waals surface area contributed by atoms with Crippen LogP contribution in [0.4, 0.5) is 0 Å². The molecule has 0 fully saturated rings. The molecule has 0 spiro atoms. The first-order valence-electron chi connectivity index (χ1n) is 5.99. The third-order valence-electron chi connectivity index (χ3n) is 3.11. The van der Waals surface area contributed by atoms with E-state index >= 15 is 0 Å². The first-order valence-corrected chi connectivity index (χ1v) is 6.78. The molecule has 2 heterocycles. The van der Waals surface area contributed by atoms with Crippen LogP contribution in [0.2, 0.25) is 0 Å². The van der Waals surface area contributed by atoms with Gasteiger partial charge >= 0.3 is 5.97 Å². The molecular formula is C13H14BrN3O3. The average molecular weight is 340 g/mol. The van der Waals surface area contributed by atoms with Gasteiger partial charge < -0.3 is 5.11 Å². The Morgan fingerprint density at radius 3 is 2.90 bits per heavy atom. The minimum atomic E-state index is -0.908. The van der Waals surface area contributed by atoms with Crippen molar-refractivity contribution in [1.82, 2.24) is 14.3 Å². The van der Waals surface area contributed by atoms with Crippen LogP contribution in [0.3, 0.4) is 0 Å². The van der Waals surface area contributed by atoms with Gasteiger partial charge in [0.15, 0.2) is 0 Å². The number of pyridine rings is 1. The molecule has 7 heteroatoms. The maximum absolute atomic E-state index is 12.0. The molecule has 0 radical (unpaired) electrons. The molecular weight excluding hydrogens is 326 g/mol. The van der Waals surface area contributed by atoms with E-state index in [1.54, 1.807) is 37.2 Å². The van der Waals surface area contributed by atoms with E-state index in [9.17, 15) is 9.59 Å². The zero-order chi connectivity index (χ0) is 14.9. The minimum Gasteiger partial charge on any atom is -0.480 e. The van der Waals surface area contributed by atoms with Crippen molar-refractivity contribution >= 4 is 27.5 Å². The Labute approximate surface area is 123 Å². The first kappa shape index (κ1) is 14.7. The van der Waals surface area contributed by atoms with Crippen LogP contribution in [-0.4, -0.2) is 38.4 Å². The quantitative estimate of drug-likeness (QED) is 0.910. The van der Waals surface area contributed by atoms with Crippen LogP contribution in [0, 0.1) is 0 Å². The van der Waals surface area contributed by atoms with Crippen molar-refractivity contribution in [1.29, 1.82) is 0 Å². The number of carboxylic acids is 1. The van der Waals surface area contributed by atoms with E-state index in [4.69, 9.17) is 5.11 Å². The van der Waals surface area contributed by atoms with Crippen molar-refractivity contribution < 1.29 is 9.90 Å². The third-order valence-corrected chi connectivity index (χ3v) is 3.58. The fourth-order valence-electron chi connectivity index (χ4n) is 1.79. The summed E-state index contributed by atoms with van der Waals surface area (Å²) in [6.45, 7) is 1.89. The Morgan fingerprint density at radius 1 is 1.55 bits per heavy atom. The highest BCUT2D eigenvalue weighted by atomic mass is 79.9. The molecule has 0 saturated carbocycles. The second-order valence-corrected chi connectivity index (χ2v) is 5.51. The van der Waals surface area contributed by atoms with Gasteiger partial charge in [0.2, 0.25) is 0 Å². The molecule has 2 aromatic rings. The monoisotopic (exact) mass is 339 g/mol. The molecule has 1 unspecified atom stereocenters. The van der Waals surface area contributed by atoms with Gasteiger partial charge in [0.05, 0.1) is 5.69 Å². The molecule has 0 saturated heterocycles. The largest absolute Gasteiger partial charge is 0.480 e.